The van der Waals surface area contributed by atoms with E-state index in [1.54, 1.807) is 42.0 Å². The molecule has 5 aromatic rings. The zero-order chi connectivity index (χ0) is 28.0. The quantitative estimate of drug-likeness (QED) is 0.230. The van der Waals surface area contributed by atoms with Crippen molar-refractivity contribution in [2.45, 2.75) is 31.6 Å². The Balaban J connectivity index is 1.37. The molecule has 6 rings (SSSR count). The normalized spacial score (nSPS) is 13.8. The molecule has 0 bridgehead atoms. The van der Waals surface area contributed by atoms with Crippen molar-refractivity contribution in [3.63, 3.8) is 0 Å². The number of fused-ring (bicyclic) bond motifs is 1. The summed E-state index contributed by atoms with van der Waals surface area (Å²) in [6.45, 7) is 1.98. The molecule has 2 heterocycles. The molecule has 0 atom stereocenters. The second kappa shape index (κ2) is 9.83. The highest BCUT2D eigenvalue weighted by molar-refractivity contribution is 6.07. The van der Waals surface area contributed by atoms with Crippen LogP contribution in [0.1, 0.15) is 51.1 Å². The number of pyridine rings is 1. The second-order valence-electron chi connectivity index (χ2n) is 10.5. The van der Waals surface area contributed by atoms with Crippen molar-refractivity contribution < 1.29 is 18.4 Å². The first-order valence-corrected chi connectivity index (χ1v) is 13.2. The van der Waals surface area contributed by atoms with Crippen LogP contribution in [0.3, 0.4) is 0 Å². The third kappa shape index (κ3) is 4.57. The van der Waals surface area contributed by atoms with Crippen LogP contribution in [0.2, 0.25) is 0 Å². The minimum Gasteiger partial charge on any atom is -0.355 e. The van der Waals surface area contributed by atoms with Gasteiger partial charge < -0.3 is 5.32 Å². The number of hydrogen-bond acceptors (Lipinski definition) is 3. The molecule has 3 aromatic carbocycles. The van der Waals surface area contributed by atoms with E-state index in [1.807, 2.05) is 37.3 Å². The van der Waals surface area contributed by atoms with Crippen LogP contribution in [0.4, 0.5) is 8.78 Å². The number of aromatic nitrogens is 2. The maximum atomic E-state index is 13.6. The molecule has 1 saturated carbocycles. The van der Waals surface area contributed by atoms with Gasteiger partial charge in [0.05, 0.1) is 11.1 Å². The number of Topliss-reactive ketones (excluding diaryl/α,β-unsaturated/α-hetero) is 1. The lowest BCUT2D eigenvalue weighted by atomic mass is 9.87. The summed E-state index contributed by atoms with van der Waals surface area (Å²) in [6.07, 6.45) is 3.95. The van der Waals surface area contributed by atoms with Gasteiger partial charge in [-0.3, -0.25) is 9.59 Å². The van der Waals surface area contributed by atoms with Gasteiger partial charge in [0.25, 0.3) is 5.91 Å². The summed E-state index contributed by atoms with van der Waals surface area (Å²) in [4.78, 5) is 26.4. The monoisotopic (exact) mass is 535 g/mol. The van der Waals surface area contributed by atoms with Crippen LogP contribution in [0.15, 0.2) is 85.1 Å². The second-order valence-corrected chi connectivity index (χ2v) is 10.5. The van der Waals surface area contributed by atoms with Crippen LogP contribution in [0.25, 0.3) is 27.9 Å². The molecule has 7 heteroatoms. The first-order chi connectivity index (χ1) is 19.3. The molecule has 5 nitrogen and oxygen atoms in total. The lowest BCUT2D eigenvalue weighted by Gasteiger charge is -2.16. The predicted molar refractivity (Wildman–Crippen MR) is 150 cm³/mol. The van der Waals surface area contributed by atoms with Crippen molar-refractivity contribution in [3.05, 3.63) is 119 Å². The van der Waals surface area contributed by atoms with E-state index in [0.29, 0.717) is 34.3 Å². The van der Waals surface area contributed by atoms with E-state index in [4.69, 9.17) is 0 Å². The number of nitrogens with zero attached hydrogens (tertiary/aromatic N) is 2. The number of ketones is 1. The molecule has 2 aromatic heterocycles. The number of amides is 1. The van der Waals surface area contributed by atoms with Crippen molar-refractivity contribution >= 4 is 17.2 Å². The maximum absolute atomic E-state index is 13.6. The van der Waals surface area contributed by atoms with Gasteiger partial charge >= 0.3 is 0 Å². The van der Waals surface area contributed by atoms with E-state index in [-0.39, 0.29) is 28.7 Å². The molecule has 1 fully saturated rings. The molecule has 1 N–H and O–H groups in total. The maximum Gasteiger partial charge on any atom is 0.255 e. The number of hydrogen-bond donors (Lipinski definition) is 1. The van der Waals surface area contributed by atoms with Crippen molar-refractivity contribution in [1.29, 1.82) is 0 Å². The van der Waals surface area contributed by atoms with Crippen molar-refractivity contribution in [2.24, 2.45) is 0 Å². The summed E-state index contributed by atoms with van der Waals surface area (Å²) in [6, 6.07) is 21.8. The molecule has 0 radical (unpaired) electrons. The average Bonchev–Trinajstić information content (AvgIpc) is 3.64. The molecule has 0 unspecified atom stereocenters. The number of carbonyl (C=O) groups excluding carboxylic acids is 2. The van der Waals surface area contributed by atoms with Crippen LogP contribution in [-0.2, 0) is 5.41 Å². The van der Waals surface area contributed by atoms with Gasteiger partial charge in [-0.05, 0) is 96.6 Å². The summed E-state index contributed by atoms with van der Waals surface area (Å²) in [5.74, 6) is -0.916. The van der Waals surface area contributed by atoms with Gasteiger partial charge in [0.2, 0.25) is 0 Å². The molecule has 0 aliphatic heterocycles. The smallest absolute Gasteiger partial charge is 0.255 e. The third-order valence-corrected chi connectivity index (χ3v) is 7.89. The first kappa shape index (κ1) is 25.6. The van der Waals surface area contributed by atoms with Crippen molar-refractivity contribution in [1.82, 2.24) is 14.9 Å². The van der Waals surface area contributed by atoms with E-state index in [2.05, 4.69) is 10.4 Å². The van der Waals surface area contributed by atoms with E-state index >= 15 is 0 Å². The van der Waals surface area contributed by atoms with Crippen LogP contribution in [0, 0.1) is 18.6 Å². The van der Waals surface area contributed by atoms with Crippen LogP contribution < -0.4 is 5.32 Å². The van der Waals surface area contributed by atoms with Crippen LogP contribution in [-0.4, -0.2) is 28.4 Å². The van der Waals surface area contributed by atoms with E-state index in [0.717, 1.165) is 35.1 Å². The van der Waals surface area contributed by atoms with E-state index in [1.165, 1.54) is 24.3 Å². The van der Waals surface area contributed by atoms with Gasteiger partial charge in [0.1, 0.15) is 17.3 Å². The Morgan fingerprint density at radius 1 is 0.900 bits per heavy atom. The first-order valence-electron chi connectivity index (χ1n) is 13.2. The summed E-state index contributed by atoms with van der Waals surface area (Å²) in [5, 5.41) is 7.31. The molecule has 0 saturated heterocycles. The number of rotatable bonds is 7. The molecular weight excluding hydrogens is 508 g/mol. The Bertz CT molecular complexity index is 1770. The predicted octanol–water partition coefficient (Wildman–Crippen LogP) is 6.92. The summed E-state index contributed by atoms with van der Waals surface area (Å²) in [5.41, 5.74) is 6.15. The van der Waals surface area contributed by atoms with Crippen LogP contribution in [0.5, 0.6) is 0 Å². The minimum atomic E-state index is -0.369. The Morgan fingerprint density at radius 2 is 1.57 bits per heavy atom. The Hall–Kier alpha value is -4.65. The molecule has 1 aliphatic carbocycles. The zero-order valence-corrected chi connectivity index (χ0v) is 22.2. The van der Waals surface area contributed by atoms with Gasteiger partial charge in [-0.15, -0.1) is 0 Å². The molecule has 1 amide bonds. The SMILES string of the molecule is CNC(=O)c1c(-c2ccc(F)cc2)nn2ccc(-c3cc(C(=O)CC4(c5ccc(F)cc5)CC4)ccc3C)cc12. The van der Waals surface area contributed by atoms with E-state index < -0.39 is 0 Å². The molecule has 1 aliphatic rings. The van der Waals surface area contributed by atoms with Gasteiger partial charge in [0, 0.05) is 36.2 Å². The summed E-state index contributed by atoms with van der Waals surface area (Å²) in [7, 11) is 1.56. The zero-order valence-electron chi connectivity index (χ0n) is 22.2. The minimum absolute atomic E-state index is 0.0400. The van der Waals surface area contributed by atoms with Gasteiger partial charge in [-0.1, -0.05) is 24.3 Å². The Morgan fingerprint density at radius 3 is 2.23 bits per heavy atom. The fourth-order valence-electron chi connectivity index (χ4n) is 5.41. The Kier molecular flexibility index (Phi) is 6.29. The average molecular weight is 536 g/mol. The largest absolute Gasteiger partial charge is 0.355 e. The molecule has 40 heavy (non-hydrogen) atoms. The lowest BCUT2D eigenvalue weighted by Crippen LogP contribution is -2.18. The standard InChI is InChI=1S/C33H27F2N3O2/c1-20-3-4-23(29(39)19-33(14-15-33)24-7-11-26(35)12-8-24)17-27(20)22-13-16-38-28(18-22)30(32(40)36-2)31(37-38)21-5-9-25(34)10-6-21/h3-13,16-18H,14-15,19H2,1-2H3,(H,36,40). The van der Waals surface area contributed by atoms with E-state index in [9.17, 15) is 18.4 Å². The highest BCUT2D eigenvalue weighted by Crippen LogP contribution is 2.51. The van der Waals surface area contributed by atoms with Crippen molar-refractivity contribution in [3.8, 4) is 22.4 Å². The van der Waals surface area contributed by atoms with Crippen LogP contribution >= 0.6 is 0 Å². The highest BCUT2D eigenvalue weighted by Gasteiger charge is 2.45. The summed E-state index contributed by atoms with van der Waals surface area (Å²) >= 11 is 0. The Labute approximate surface area is 230 Å². The molecular formula is C33H27F2N3O2. The number of carbonyl (C=O) groups is 2. The molecule has 200 valence electrons. The molecule has 0 spiro atoms. The van der Waals surface area contributed by atoms with Gasteiger partial charge in [-0.25, -0.2) is 13.3 Å². The highest BCUT2D eigenvalue weighted by atomic mass is 19.1. The third-order valence-electron chi connectivity index (χ3n) is 7.89. The van der Waals surface area contributed by atoms with Gasteiger partial charge in [0.15, 0.2) is 5.78 Å². The summed E-state index contributed by atoms with van der Waals surface area (Å²) < 4.78 is 28.6. The number of benzene rings is 3. The fourth-order valence-corrected chi connectivity index (χ4v) is 5.41. The lowest BCUT2D eigenvalue weighted by molar-refractivity contribution is 0.0959. The van der Waals surface area contributed by atoms with Gasteiger partial charge in [-0.2, -0.15) is 5.10 Å². The topological polar surface area (TPSA) is 63.5 Å². The number of nitrogens with one attached hydrogen (secondary N) is 1. The fraction of sp³-hybridized carbons (Fsp3) is 0.182. The number of aryl methyl sites for hydroxylation is 1. The van der Waals surface area contributed by atoms with Crippen molar-refractivity contribution in [2.75, 3.05) is 7.05 Å². The number of halogens is 2.